The van der Waals surface area contributed by atoms with Crippen LogP contribution in [-0.4, -0.2) is 66.1 Å². The number of hydrogen-bond donors (Lipinski definition) is 2. The van der Waals surface area contributed by atoms with Gasteiger partial charge in [0.2, 0.25) is 5.91 Å². The molecule has 1 saturated carbocycles. The topological polar surface area (TPSA) is 93.5 Å². The van der Waals surface area contributed by atoms with Crippen molar-refractivity contribution in [1.29, 1.82) is 0 Å². The number of carbonyl (C=O) groups excluding carboxylic acids is 1. The number of carbonyl (C=O) groups is 1. The Bertz CT molecular complexity index is 628. The Morgan fingerprint density at radius 1 is 1.30 bits per heavy atom. The van der Waals surface area contributed by atoms with Gasteiger partial charge >= 0.3 is 0 Å². The smallest absolute Gasteiger partial charge is 0.239 e. The van der Waals surface area contributed by atoms with Crippen LogP contribution in [0.25, 0.3) is 0 Å². The van der Waals surface area contributed by atoms with E-state index in [4.69, 9.17) is 15.2 Å². The number of rotatable bonds is 9. The third-order valence-corrected chi connectivity index (χ3v) is 7.08. The fourth-order valence-electron chi connectivity index (χ4n) is 5.10. The summed E-state index contributed by atoms with van der Waals surface area (Å²) in [5.74, 6) is 1.74. The van der Waals surface area contributed by atoms with Crippen molar-refractivity contribution < 1.29 is 14.3 Å². The van der Waals surface area contributed by atoms with Crippen LogP contribution < -0.4 is 5.73 Å². The third kappa shape index (κ3) is 5.83. The van der Waals surface area contributed by atoms with Crippen molar-refractivity contribution in [3.05, 3.63) is 18.0 Å². The molecular formula is C23H40N4O3. The number of nitrogens with zero attached hydrogens (tertiary/aromatic N) is 2. The first-order valence-electron chi connectivity index (χ1n) is 11.7. The number of likely N-dealkylation sites (tertiary alicyclic amines) is 1. The largest absolute Gasteiger partial charge is 0.385 e. The highest BCUT2D eigenvalue weighted by atomic mass is 16.5. The molecule has 30 heavy (non-hydrogen) atoms. The van der Waals surface area contributed by atoms with Crippen LogP contribution in [0.4, 0.5) is 0 Å². The molecular weight excluding hydrogens is 380 g/mol. The first kappa shape index (κ1) is 23.2. The van der Waals surface area contributed by atoms with Gasteiger partial charge in [-0.3, -0.25) is 9.89 Å². The van der Waals surface area contributed by atoms with Crippen molar-refractivity contribution in [3.63, 3.8) is 0 Å². The second-order valence-corrected chi connectivity index (χ2v) is 9.35. The number of H-pyrrole nitrogens is 1. The van der Waals surface area contributed by atoms with Crippen LogP contribution in [0, 0.1) is 11.8 Å². The molecule has 0 radical (unpaired) electrons. The van der Waals surface area contributed by atoms with Crippen LogP contribution in [-0.2, 0) is 14.3 Å². The number of nitrogens with one attached hydrogen (secondary N) is 1. The van der Waals surface area contributed by atoms with Crippen LogP contribution in [0.1, 0.15) is 70.4 Å². The summed E-state index contributed by atoms with van der Waals surface area (Å²) in [5, 5.41) is 7.36. The number of amides is 1. The Morgan fingerprint density at radius 2 is 2.07 bits per heavy atom. The highest BCUT2D eigenvalue weighted by molar-refractivity contribution is 5.82. The van der Waals surface area contributed by atoms with E-state index in [0.29, 0.717) is 25.7 Å². The summed E-state index contributed by atoms with van der Waals surface area (Å²) in [6.45, 7) is 6.41. The molecule has 3 N–H and O–H groups in total. The summed E-state index contributed by atoms with van der Waals surface area (Å²) >= 11 is 0. The van der Waals surface area contributed by atoms with Gasteiger partial charge in [0.25, 0.3) is 0 Å². The molecule has 3 rings (SSSR count). The van der Waals surface area contributed by atoms with Gasteiger partial charge in [-0.25, -0.2) is 0 Å². The predicted octanol–water partition coefficient (Wildman–Crippen LogP) is 3.08. The molecule has 1 aliphatic carbocycles. The van der Waals surface area contributed by atoms with Crippen molar-refractivity contribution in [2.24, 2.45) is 17.6 Å². The maximum atomic E-state index is 13.2. The molecule has 0 aromatic carbocycles. The van der Waals surface area contributed by atoms with E-state index in [0.717, 1.165) is 49.8 Å². The molecule has 170 valence electrons. The minimum Gasteiger partial charge on any atom is -0.385 e. The highest BCUT2D eigenvalue weighted by Gasteiger charge is 2.38. The van der Waals surface area contributed by atoms with E-state index >= 15 is 0 Å². The van der Waals surface area contributed by atoms with E-state index in [1.165, 1.54) is 12.8 Å². The quantitative estimate of drug-likeness (QED) is 0.640. The molecule has 1 aliphatic heterocycles. The van der Waals surface area contributed by atoms with Crippen molar-refractivity contribution in [1.82, 2.24) is 15.1 Å². The highest BCUT2D eigenvalue weighted by Crippen LogP contribution is 2.35. The van der Waals surface area contributed by atoms with E-state index in [1.54, 1.807) is 7.11 Å². The Labute approximate surface area is 181 Å². The second-order valence-electron chi connectivity index (χ2n) is 9.35. The minimum atomic E-state index is -0.535. The second kappa shape index (κ2) is 11.3. The van der Waals surface area contributed by atoms with Gasteiger partial charge in [0.1, 0.15) is 0 Å². The summed E-state index contributed by atoms with van der Waals surface area (Å²) in [6, 6.07) is 1.46. The Kier molecular flexibility index (Phi) is 8.72. The number of methoxy groups -OCH3 is 1. The number of nitrogens with two attached hydrogens (primary N) is 1. The number of piperidine rings is 1. The zero-order valence-electron chi connectivity index (χ0n) is 18.9. The van der Waals surface area contributed by atoms with Gasteiger partial charge in [-0.1, -0.05) is 13.8 Å². The molecule has 1 saturated heterocycles. The molecule has 0 spiro atoms. The Hall–Kier alpha value is -1.44. The van der Waals surface area contributed by atoms with Gasteiger partial charge in [-0.2, -0.15) is 5.10 Å². The fourth-order valence-corrected chi connectivity index (χ4v) is 5.10. The van der Waals surface area contributed by atoms with Crippen molar-refractivity contribution >= 4 is 5.91 Å². The maximum Gasteiger partial charge on any atom is 0.239 e. The fraction of sp³-hybridized carbons (Fsp3) is 0.826. The van der Waals surface area contributed by atoms with Gasteiger partial charge < -0.3 is 20.1 Å². The lowest BCUT2D eigenvalue weighted by atomic mass is 9.80. The number of aromatic nitrogens is 2. The van der Waals surface area contributed by atoms with Crippen LogP contribution in [0.3, 0.4) is 0 Å². The van der Waals surface area contributed by atoms with Crippen LogP contribution in [0.5, 0.6) is 0 Å². The molecule has 0 bridgehead atoms. The average Bonchev–Trinajstić information content (AvgIpc) is 3.30. The first-order chi connectivity index (χ1) is 14.5. The lowest BCUT2D eigenvalue weighted by Crippen LogP contribution is -2.55. The van der Waals surface area contributed by atoms with Crippen LogP contribution in [0.2, 0.25) is 0 Å². The van der Waals surface area contributed by atoms with E-state index in [-0.39, 0.29) is 17.9 Å². The lowest BCUT2D eigenvalue weighted by Gasteiger charge is -2.42. The minimum absolute atomic E-state index is 0.00408. The molecule has 7 heteroatoms. The summed E-state index contributed by atoms with van der Waals surface area (Å²) in [4.78, 5) is 15.1. The van der Waals surface area contributed by atoms with Gasteiger partial charge in [0, 0.05) is 32.4 Å². The van der Waals surface area contributed by atoms with Crippen molar-refractivity contribution in [2.45, 2.75) is 82.9 Å². The van der Waals surface area contributed by atoms with Crippen molar-refractivity contribution in [2.75, 3.05) is 26.9 Å². The van der Waals surface area contributed by atoms with E-state index in [2.05, 4.69) is 24.0 Å². The summed E-state index contributed by atoms with van der Waals surface area (Å²) < 4.78 is 11.5. The molecule has 2 fully saturated rings. The molecule has 1 aromatic rings. The number of hydrogen-bond acceptors (Lipinski definition) is 5. The van der Waals surface area contributed by atoms with Gasteiger partial charge in [-0.05, 0) is 62.8 Å². The molecule has 2 heterocycles. The molecule has 1 unspecified atom stereocenters. The standard InChI is InChI=1S/C23H40N4O3/c1-16(2)17-6-8-18(9-7-17)30-15-22-19(21-10-12-25-26-21)5-4-13-27(22)23(28)20(24)11-14-29-3/h10,12,16-20,22H,4-9,11,13-15,24H2,1-3H3,(H,25,26)/t17-,18+,19-,20?,22+/m1/s1. The molecule has 2 aliphatic rings. The van der Waals surface area contributed by atoms with Crippen molar-refractivity contribution in [3.8, 4) is 0 Å². The van der Waals surface area contributed by atoms with E-state index < -0.39 is 6.04 Å². The van der Waals surface area contributed by atoms with E-state index in [9.17, 15) is 4.79 Å². The Balaban J connectivity index is 1.66. The summed E-state index contributed by atoms with van der Waals surface area (Å²) in [7, 11) is 1.64. The van der Waals surface area contributed by atoms with Crippen LogP contribution >= 0.6 is 0 Å². The molecule has 3 atom stereocenters. The predicted molar refractivity (Wildman–Crippen MR) is 117 cm³/mol. The van der Waals surface area contributed by atoms with Gasteiger partial charge in [0.15, 0.2) is 0 Å². The zero-order valence-corrected chi connectivity index (χ0v) is 18.9. The maximum absolute atomic E-state index is 13.2. The summed E-state index contributed by atoms with van der Waals surface area (Å²) in [6.07, 6.45) is 9.35. The van der Waals surface area contributed by atoms with Crippen LogP contribution in [0.15, 0.2) is 12.3 Å². The Morgan fingerprint density at radius 3 is 2.70 bits per heavy atom. The average molecular weight is 421 g/mol. The molecule has 1 amide bonds. The van der Waals surface area contributed by atoms with Gasteiger partial charge in [-0.15, -0.1) is 0 Å². The monoisotopic (exact) mass is 420 g/mol. The van der Waals surface area contributed by atoms with Gasteiger partial charge in [0.05, 0.1) is 30.5 Å². The molecule has 1 aromatic heterocycles. The zero-order chi connectivity index (χ0) is 21.5. The summed E-state index contributed by atoms with van der Waals surface area (Å²) in [5.41, 5.74) is 7.22. The third-order valence-electron chi connectivity index (χ3n) is 7.08. The lowest BCUT2D eigenvalue weighted by molar-refractivity contribution is -0.140. The van der Waals surface area contributed by atoms with E-state index in [1.807, 2.05) is 17.2 Å². The first-order valence-corrected chi connectivity index (χ1v) is 11.7. The normalized spacial score (nSPS) is 28.6. The number of ether oxygens (including phenoxy) is 2. The molecule has 7 nitrogen and oxygen atoms in total. The number of aromatic amines is 1. The SMILES string of the molecule is COCCC(N)C(=O)N1CCC[C@H](c2cc[nH]n2)[C@@H]1CO[C@H]1CC[C@@H](C(C)C)CC1.